The van der Waals surface area contributed by atoms with Crippen molar-refractivity contribution in [1.29, 1.82) is 0 Å². The van der Waals surface area contributed by atoms with Gasteiger partial charge in [-0.15, -0.1) is 0 Å². The van der Waals surface area contributed by atoms with Crippen LogP contribution in [0, 0.1) is 0 Å². The van der Waals surface area contributed by atoms with Gasteiger partial charge in [0, 0.05) is 30.7 Å². The summed E-state index contributed by atoms with van der Waals surface area (Å²) < 4.78 is 0. The largest absolute Gasteiger partial charge is 0.307 e. The van der Waals surface area contributed by atoms with E-state index in [2.05, 4.69) is 36.1 Å². The van der Waals surface area contributed by atoms with Crippen LogP contribution in [0.2, 0.25) is 0 Å². The number of hydrogen-bond donors (Lipinski definition) is 1. The van der Waals surface area contributed by atoms with Gasteiger partial charge in [0.15, 0.2) is 0 Å². The van der Waals surface area contributed by atoms with Gasteiger partial charge in [-0.2, -0.15) is 0 Å². The predicted molar refractivity (Wildman–Crippen MR) is 48.7 cm³/mol. The Labute approximate surface area is 73.2 Å². The van der Waals surface area contributed by atoms with E-state index in [-0.39, 0.29) is 6.04 Å². The maximum atomic E-state index is 4.21. The molecule has 1 atom stereocenters. The molecule has 0 amide bonds. The van der Waals surface area contributed by atoms with Crippen LogP contribution >= 0.6 is 0 Å². The van der Waals surface area contributed by atoms with E-state index in [0.29, 0.717) is 6.04 Å². The summed E-state index contributed by atoms with van der Waals surface area (Å²) in [5, 5.41) is 3.36. The molecule has 3 nitrogen and oxygen atoms in total. The van der Waals surface area contributed by atoms with Gasteiger partial charge in [-0.05, 0) is 6.92 Å². The van der Waals surface area contributed by atoms with Crippen molar-refractivity contribution >= 4 is 0 Å². The minimum atomic E-state index is 0.277. The van der Waals surface area contributed by atoms with Gasteiger partial charge in [0.1, 0.15) is 0 Å². The summed E-state index contributed by atoms with van der Waals surface area (Å²) >= 11 is 0. The third kappa shape index (κ3) is 2.58. The lowest BCUT2D eigenvalue weighted by Crippen LogP contribution is -2.26. The molecule has 1 aromatic heterocycles. The summed E-state index contributed by atoms with van der Waals surface area (Å²) in [6, 6.07) is 0.751. The minimum absolute atomic E-state index is 0.277. The Balaban J connectivity index is 2.59. The van der Waals surface area contributed by atoms with Crippen molar-refractivity contribution in [1.82, 2.24) is 15.3 Å². The quantitative estimate of drug-likeness (QED) is 0.738. The highest BCUT2D eigenvalue weighted by atomic mass is 15.0. The van der Waals surface area contributed by atoms with Crippen LogP contribution in [0.15, 0.2) is 18.6 Å². The molecule has 12 heavy (non-hydrogen) atoms. The Morgan fingerprint density at radius 1 is 1.25 bits per heavy atom. The van der Waals surface area contributed by atoms with Crippen LogP contribution in [0.5, 0.6) is 0 Å². The van der Waals surface area contributed by atoms with Crippen molar-refractivity contribution in [2.24, 2.45) is 0 Å². The second-order valence-electron chi connectivity index (χ2n) is 3.17. The van der Waals surface area contributed by atoms with Crippen LogP contribution in [0.4, 0.5) is 0 Å². The maximum absolute atomic E-state index is 4.21. The van der Waals surface area contributed by atoms with Gasteiger partial charge in [-0.3, -0.25) is 9.97 Å². The van der Waals surface area contributed by atoms with Gasteiger partial charge in [0.2, 0.25) is 0 Å². The molecule has 0 bridgehead atoms. The summed E-state index contributed by atoms with van der Waals surface area (Å²) in [6.07, 6.45) is 5.19. The minimum Gasteiger partial charge on any atom is -0.307 e. The van der Waals surface area contributed by atoms with Gasteiger partial charge in [0.05, 0.1) is 5.69 Å². The van der Waals surface area contributed by atoms with Crippen LogP contribution < -0.4 is 5.32 Å². The topological polar surface area (TPSA) is 37.8 Å². The summed E-state index contributed by atoms with van der Waals surface area (Å²) in [5.74, 6) is 0. The van der Waals surface area contributed by atoms with Crippen LogP contribution in [0.3, 0.4) is 0 Å². The Morgan fingerprint density at radius 3 is 2.50 bits per heavy atom. The molecule has 0 radical (unpaired) electrons. The number of hydrogen-bond acceptors (Lipinski definition) is 3. The summed E-state index contributed by atoms with van der Waals surface area (Å²) in [5.41, 5.74) is 0.992. The normalized spacial score (nSPS) is 13.3. The van der Waals surface area contributed by atoms with E-state index in [4.69, 9.17) is 0 Å². The fraction of sp³-hybridized carbons (Fsp3) is 0.556. The van der Waals surface area contributed by atoms with Crippen molar-refractivity contribution in [3.05, 3.63) is 24.3 Å². The van der Waals surface area contributed by atoms with Crippen LogP contribution in [-0.4, -0.2) is 16.0 Å². The van der Waals surface area contributed by atoms with Crippen LogP contribution in [-0.2, 0) is 0 Å². The van der Waals surface area contributed by atoms with E-state index in [1.807, 2.05) is 0 Å². The van der Waals surface area contributed by atoms with E-state index in [1.54, 1.807) is 18.6 Å². The fourth-order valence-electron chi connectivity index (χ4n) is 1.12. The fourth-order valence-corrected chi connectivity index (χ4v) is 1.12. The number of nitrogens with one attached hydrogen (secondary N) is 1. The van der Waals surface area contributed by atoms with E-state index in [0.717, 1.165) is 5.69 Å². The van der Waals surface area contributed by atoms with E-state index in [1.165, 1.54) is 0 Å². The second-order valence-corrected chi connectivity index (χ2v) is 3.17. The molecule has 1 heterocycles. The summed E-state index contributed by atoms with van der Waals surface area (Å²) in [6.45, 7) is 6.32. The summed E-state index contributed by atoms with van der Waals surface area (Å²) in [4.78, 5) is 8.22. The average molecular weight is 165 g/mol. The molecule has 1 aromatic rings. The van der Waals surface area contributed by atoms with Crippen LogP contribution in [0.1, 0.15) is 32.5 Å². The summed E-state index contributed by atoms with van der Waals surface area (Å²) in [7, 11) is 0. The molecule has 0 unspecified atom stereocenters. The molecule has 0 aliphatic carbocycles. The first-order chi connectivity index (χ1) is 5.70. The van der Waals surface area contributed by atoms with Gasteiger partial charge in [-0.1, -0.05) is 13.8 Å². The third-order valence-corrected chi connectivity index (χ3v) is 1.61. The molecule has 0 saturated carbocycles. The predicted octanol–water partition coefficient (Wildman–Crippen LogP) is 1.54. The first-order valence-electron chi connectivity index (χ1n) is 4.22. The van der Waals surface area contributed by atoms with E-state index >= 15 is 0 Å². The van der Waals surface area contributed by atoms with Crippen molar-refractivity contribution in [3.8, 4) is 0 Å². The molecular formula is C9H15N3. The van der Waals surface area contributed by atoms with Crippen molar-refractivity contribution in [2.45, 2.75) is 32.9 Å². The highest BCUT2D eigenvalue weighted by molar-refractivity contribution is 5.00. The first-order valence-corrected chi connectivity index (χ1v) is 4.22. The monoisotopic (exact) mass is 165 g/mol. The lowest BCUT2D eigenvalue weighted by Gasteiger charge is -2.15. The Morgan fingerprint density at radius 2 is 2.00 bits per heavy atom. The number of nitrogens with zero attached hydrogens (tertiary/aromatic N) is 2. The molecule has 0 saturated heterocycles. The maximum Gasteiger partial charge on any atom is 0.0753 e. The Hall–Kier alpha value is -0.960. The number of aromatic nitrogens is 2. The lowest BCUT2D eigenvalue weighted by molar-refractivity contribution is 0.496. The Bertz CT molecular complexity index is 220. The molecule has 0 aliphatic heterocycles. The molecule has 0 fully saturated rings. The lowest BCUT2D eigenvalue weighted by atomic mass is 10.2. The number of rotatable bonds is 3. The molecule has 0 spiro atoms. The highest BCUT2D eigenvalue weighted by Crippen LogP contribution is 2.06. The van der Waals surface area contributed by atoms with Gasteiger partial charge in [-0.25, -0.2) is 0 Å². The van der Waals surface area contributed by atoms with Gasteiger partial charge in [0.25, 0.3) is 0 Å². The van der Waals surface area contributed by atoms with E-state index < -0.39 is 0 Å². The zero-order valence-corrected chi connectivity index (χ0v) is 7.78. The average Bonchev–Trinajstić information content (AvgIpc) is 2.05. The first kappa shape index (κ1) is 9.13. The van der Waals surface area contributed by atoms with E-state index in [9.17, 15) is 0 Å². The molecule has 1 rings (SSSR count). The van der Waals surface area contributed by atoms with Crippen molar-refractivity contribution in [3.63, 3.8) is 0 Å². The second kappa shape index (κ2) is 4.16. The van der Waals surface area contributed by atoms with Crippen LogP contribution in [0.25, 0.3) is 0 Å². The highest BCUT2D eigenvalue weighted by Gasteiger charge is 2.06. The zero-order chi connectivity index (χ0) is 8.97. The molecule has 0 aliphatic rings. The molecule has 1 N–H and O–H groups in total. The molecular weight excluding hydrogens is 150 g/mol. The van der Waals surface area contributed by atoms with Crippen molar-refractivity contribution < 1.29 is 0 Å². The van der Waals surface area contributed by atoms with Gasteiger partial charge < -0.3 is 5.32 Å². The SMILES string of the molecule is CC(C)N[C@H](C)c1cnccn1. The third-order valence-electron chi connectivity index (χ3n) is 1.61. The van der Waals surface area contributed by atoms with Crippen molar-refractivity contribution in [2.75, 3.05) is 0 Å². The molecule has 66 valence electrons. The molecule has 3 heteroatoms. The Kier molecular flexibility index (Phi) is 3.17. The zero-order valence-electron chi connectivity index (χ0n) is 7.78. The standard InChI is InChI=1S/C9H15N3/c1-7(2)12-8(3)9-6-10-4-5-11-9/h4-8,12H,1-3H3/t8-/m1/s1. The molecule has 0 aromatic carbocycles. The smallest absolute Gasteiger partial charge is 0.0753 e. The van der Waals surface area contributed by atoms with Gasteiger partial charge >= 0.3 is 0 Å².